The van der Waals surface area contributed by atoms with Gasteiger partial charge in [-0.3, -0.25) is 4.98 Å². The summed E-state index contributed by atoms with van der Waals surface area (Å²) >= 11 is 0. The molecular formula is C18H17N5O. The summed E-state index contributed by atoms with van der Waals surface area (Å²) in [6.07, 6.45) is 0. The Bertz CT molecular complexity index is 1010. The van der Waals surface area contributed by atoms with Crippen molar-refractivity contribution in [2.45, 2.75) is 27.3 Å². The molecule has 0 fully saturated rings. The molecule has 0 N–H and O–H groups in total. The second-order valence-electron chi connectivity index (χ2n) is 5.99. The predicted molar refractivity (Wildman–Crippen MR) is 90.6 cm³/mol. The second kappa shape index (κ2) is 5.56. The van der Waals surface area contributed by atoms with Crippen LogP contribution in [0.2, 0.25) is 0 Å². The monoisotopic (exact) mass is 319 g/mol. The molecular weight excluding hydrogens is 302 g/mol. The maximum Gasteiger partial charge on any atom is 0.173 e. The fourth-order valence-corrected chi connectivity index (χ4v) is 3.02. The summed E-state index contributed by atoms with van der Waals surface area (Å²) in [5.41, 5.74) is 6.54. The second-order valence-corrected chi connectivity index (χ2v) is 5.99. The first kappa shape index (κ1) is 14.6. The van der Waals surface area contributed by atoms with Gasteiger partial charge in [0.2, 0.25) is 0 Å². The van der Waals surface area contributed by atoms with Crippen molar-refractivity contribution < 1.29 is 4.63 Å². The fourth-order valence-electron chi connectivity index (χ4n) is 3.02. The summed E-state index contributed by atoms with van der Waals surface area (Å²) < 4.78 is 6.98. The maximum absolute atomic E-state index is 4.87. The van der Waals surface area contributed by atoms with Crippen LogP contribution in [0.3, 0.4) is 0 Å². The van der Waals surface area contributed by atoms with E-state index in [1.165, 1.54) is 5.56 Å². The molecule has 3 heterocycles. The molecule has 0 radical (unpaired) electrons. The number of pyridine rings is 1. The van der Waals surface area contributed by atoms with Gasteiger partial charge in [-0.2, -0.15) is 0 Å². The van der Waals surface area contributed by atoms with Crippen LogP contribution >= 0.6 is 0 Å². The molecule has 0 aliphatic heterocycles. The molecule has 0 aliphatic carbocycles. The number of hydrogen-bond donors (Lipinski definition) is 0. The molecule has 120 valence electrons. The quantitative estimate of drug-likeness (QED) is 0.578. The van der Waals surface area contributed by atoms with E-state index >= 15 is 0 Å². The van der Waals surface area contributed by atoms with E-state index in [1.807, 2.05) is 32.0 Å². The van der Waals surface area contributed by atoms with Gasteiger partial charge in [0.1, 0.15) is 5.69 Å². The Morgan fingerprint density at radius 3 is 2.58 bits per heavy atom. The van der Waals surface area contributed by atoms with Gasteiger partial charge in [0, 0.05) is 5.69 Å². The number of hydrogen-bond acceptors (Lipinski definition) is 5. The number of para-hydroxylation sites is 2. The lowest BCUT2D eigenvalue weighted by atomic mass is 10.2. The minimum Gasteiger partial charge on any atom is -0.316 e. The molecule has 6 heteroatoms. The van der Waals surface area contributed by atoms with Gasteiger partial charge in [-0.05, 0) is 55.8 Å². The highest BCUT2D eigenvalue weighted by Gasteiger charge is 2.18. The first-order valence-corrected chi connectivity index (χ1v) is 7.81. The van der Waals surface area contributed by atoms with E-state index in [0.29, 0.717) is 12.2 Å². The Labute approximate surface area is 139 Å². The Morgan fingerprint density at radius 1 is 1.00 bits per heavy atom. The number of aromatic nitrogens is 5. The Hall–Kier alpha value is -3.02. The summed E-state index contributed by atoms with van der Waals surface area (Å²) in [6, 6.07) is 12.2. The van der Waals surface area contributed by atoms with Crippen molar-refractivity contribution >= 4 is 11.0 Å². The molecule has 0 saturated heterocycles. The normalized spacial score (nSPS) is 11.3. The van der Waals surface area contributed by atoms with Crippen LogP contribution < -0.4 is 0 Å². The third-order valence-electron chi connectivity index (χ3n) is 3.99. The molecule has 4 aromatic rings. The summed E-state index contributed by atoms with van der Waals surface area (Å²) in [5.74, 6) is 0.746. The van der Waals surface area contributed by atoms with Crippen LogP contribution in [-0.4, -0.2) is 24.8 Å². The standard InChI is InChI=1S/C18H17N5O/c1-11-8-12(2)19-14(9-11)10-23-16-7-5-4-6-15(16)20-18(23)17-13(3)21-24-22-17/h4-9H,10H2,1-3H3. The smallest absolute Gasteiger partial charge is 0.173 e. The molecule has 0 atom stereocenters. The van der Waals surface area contributed by atoms with Crippen molar-refractivity contribution in [3.63, 3.8) is 0 Å². The largest absolute Gasteiger partial charge is 0.316 e. The highest BCUT2D eigenvalue weighted by Crippen LogP contribution is 2.26. The van der Waals surface area contributed by atoms with Crippen LogP contribution in [0.25, 0.3) is 22.6 Å². The van der Waals surface area contributed by atoms with Gasteiger partial charge in [0.05, 0.1) is 23.3 Å². The number of imidazole rings is 1. The van der Waals surface area contributed by atoms with Crippen LogP contribution in [0.15, 0.2) is 41.0 Å². The van der Waals surface area contributed by atoms with Gasteiger partial charge < -0.3 is 4.57 Å². The van der Waals surface area contributed by atoms with Gasteiger partial charge >= 0.3 is 0 Å². The van der Waals surface area contributed by atoms with Crippen LogP contribution in [0.4, 0.5) is 0 Å². The molecule has 24 heavy (non-hydrogen) atoms. The molecule has 0 amide bonds. The lowest BCUT2D eigenvalue weighted by molar-refractivity contribution is 0.305. The molecule has 0 saturated carbocycles. The zero-order valence-corrected chi connectivity index (χ0v) is 13.8. The zero-order chi connectivity index (χ0) is 16.7. The first-order chi connectivity index (χ1) is 11.6. The predicted octanol–water partition coefficient (Wildman–Crippen LogP) is 3.45. The van der Waals surface area contributed by atoms with Gasteiger partial charge in [-0.1, -0.05) is 17.3 Å². The van der Waals surface area contributed by atoms with Crippen molar-refractivity contribution in [2.75, 3.05) is 0 Å². The van der Waals surface area contributed by atoms with E-state index < -0.39 is 0 Å². The van der Waals surface area contributed by atoms with Crippen molar-refractivity contribution in [3.05, 3.63) is 59.0 Å². The van der Waals surface area contributed by atoms with Gasteiger partial charge in [0.25, 0.3) is 0 Å². The van der Waals surface area contributed by atoms with Crippen molar-refractivity contribution in [2.24, 2.45) is 0 Å². The van der Waals surface area contributed by atoms with E-state index in [2.05, 4.69) is 45.0 Å². The number of rotatable bonds is 3. The number of fused-ring (bicyclic) bond motifs is 1. The minimum atomic E-state index is 0.616. The number of nitrogens with zero attached hydrogens (tertiary/aromatic N) is 5. The summed E-state index contributed by atoms with van der Waals surface area (Å²) in [6.45, 7) is 6.57. The molecule has 4 rings (SSSR count). The van der Waals surface area contributed by atoms with E-state index in [-0.39, 0.29) is 0 Å². The average Bonchev–Trinajstić information content (AvgIpc) is 3.10. The van der Waals surface area contributed by atoms with E-state index in [1.54, 1.807) is 0 Å². The minimum absolute atomic E-state index is 0.616. The van der Waals surface area contributed by atoms with E-state index in [4.69, 9.17) is 9.61 Å². The third-order valence-corrected chi connectivity index (χ3v) is 3.99. The lowest BCUT2D eigenvalue weighted by Gasteiger charge is -2.09. The maximum atomic E-state index is 4.87. The Kier molecular flexibility index (Phi) is 3.37. The van der Waals surface area contributed by atoms with Crippen LogP contribution in [0, 0.1) is 20.8 Å². The molecule has 0 bridgehead atoms. The molecule has 6 nitrogen and oxygen atoms in total. The topological polar surface area (TPSA) is 69.6 Å². The van der Waals surface area contributed by atoms with Crippen molar-refractivity contribution in [1.82, 2.24) is 24.8 Å². The van der Waals surface area contributed by atoms with Crippen LogP contribution in [0.5, 0.6) is 0 Å². The van der Waals surface area contributed by atoms with E-state index in [0.717, 1.165) is 33.9 Å². The Morgan fingerprint density at radius 2 is 1.83 bits per heavy atom. The average molecular weight is 319 g/mol. The summed E-state index contributed by atoms with van der Waals surface area (Å²) in [4.78, 5) is 9.38. The number of aryl methyl sites for hydroxylation is 3. The van der Waals surface area contributed by atoms with E-state index in [9.17, 15) is 0 Å². The van der Waals surface area contributed by atoms with Gasteiger partial charge in [-0.15, -0.1) is 0 Å². The molecule has 3 aromatic heterocycles. The molecule has 0 spiro atoms. The SMILES string of the molecule is Cc1cc(C)nc(Cn2c(-c3nonc3C)nc3ccccc32)c1. The third kappa shape index (κ3) is 2.46. The first-order valence-electron chi connectivity index (χ1n) is 7.81. The Balaban J connectivity index is 1.91. The van der Waals surface area contributed by atoms with Gasteiger partial charge in [-0.25, -0.2) is 9.61 Å². The van der Waals surface area contributed by atoms with Crippen LogP contribution in [-0.2, 0) is 6.54 Å². The fraction of sp³-hybridized carbons (Fsp3) is 0.222. The molecule has 1 aromatic carbocycles. The summed E-state index contributed by atoms with van der Waals surface area (Å²) in [5, 5.41) is 7.91. The zero-order valence-electron chi connectivity index (χ0n) is 13.8. The van der Waals surface area contributed by atoms with Crippen molar-refractivity contribution in [3.8, 4) is 11.5 Å². The van der Waals surface area contributed by atoms with Crippen LogP contribution in [0.1, 0.15) is 22.6 Å². The molecule has 0 aliphatic rings. The number of benzene rings is 1. The highest BCUT2D eigenvalue weighted by molar-refractivity contribution is 5.80. The van der Waals surface area contributed by atoms with Crippen molar-refractivity contribution in [1.29, 1.82) is 0 Å². The van der Waals surface area contributed by atoms with Gasteiger partial charge in [0.15, 0.2) is 11.5 Å². The lowest BCUT2D eigenvalue weighted by Crippen LogP contribution is -2.05. The summed E-state index contributed by atoms with van der Waals surface area (Å²) in [7, 11) is 0. The molecule has 0 unspecified atom stereocenters. The highest BCUT2D eigenvalue weighted by atomic mass is 16.6.